The molecule has 1 aliphatic heterocycles. The summed E-state index contributed by atoms with van der Waals surface area (Å²) in [5, 5.41) is 7.18. The number of hydrogen-bond donors (Lipinski definition) is 1. The van der Waals surface area contributed by atoms with Gasteiger partial charge < -0.3 is 5.32 Å². The molecule has 2 aromatic rings. The molecule has 112 valence electrons. The second kappa shape index (κ2) is 5.31. The van der Waals surface area contributed by atoms with E-state index in [4.69, 9.17) is 0 Å². The molecule has 1 aliphatic rings. The molecule has 2 aromatic heterocycles. The fourth-order valence-corrected chi connectivity index (χ4v) is 2.89. The van der Waals surface area contributed by atoms with E-state index in [9.17, 15) is 9.59 Å². The van der Waals surface area contributed by atoms with Gasteiger partial charge in [0.1, 0.15) is 11.6 Å². The van der Waals surface area contributed by atoms with Crippen LogP contribution in [0.5, 0.6) is 0 Å². The number of fused-ring (bicyclic) bond motifs is 1. The van der Waals surface area contributed by atoms with Crippen LogP contribution >= 0.6 is 0 Å². The number of amides is 1. The highest BCUT2D eigenvalue weighted by Crippen LogP contribution is 2.18. The van der Waals surface area contributed by atoms with E-state index in [-0.39, 0.29) is 11.5 Å². The first-order valence-electron chi connectivity index (χ1n) is 7.34. The van der Waals surface area contributed by atoms with Gasteiger partial charge in [-0.2, -0.15) is 5.10 Å². The lowest BCUT2D eigenvalue weighted by molar-refractivity contribution is -0.124. The zero-order valence-electron chi connectivity index (χ0n) is 12.3. The molecular weight excluding hydrogens is 270 g/mol. The van der Waals surface area contributed by atoms with Crippen LogP contribution < -0.4 is 10.9 Å². The van der Waals surface area contributed by atoms with Crippen LogP contribution in [0, 0.1) is 0 Å². The van der Waals surface area contributed by atoms with Crippen molar-refractivity contribution in [2.24, 2.45) is 7.05 Å². The Balaban J connectivity index is 2.16. The zero-order chi connectivity index (χ0) is 15.0. The van der Waals surface area contributed by atoms with Crippen LogP contribution in [0.3, 0.4) is 0 Å². The zero-order valence-corrected chi connectivity index (χ0v) is 12.3. The van der Waals surface area contributed by atoms with Crippen LogP contribution in [-0.2, 0) is 18.3 Å². The van der Waals surface area contributed by atoms with E-state index in [1.54, 1.807) is 11.7 Å². The Labute approximate surface area is 122 Å². The van der Waals surface area contributed by atoms with Crippen LogP contribution in [-0.4, -0.2) is 31.8 Å². The second-order valence-corrected chi connectivity index (χ2v) is 5.38. The number of carbonyl (C=O) groups excluding carboxylic acids is 1. The summed E-state index contributed by atoms with van der Waals surface area (Å²) < 4.78 is 3.01. The molecule has 0 unspecified atom stereocenters. The molecule has 1 amide bonds. The van der Waals surface area contributed by atoms with Crippen molar-refractivity contribution in [3.05, 3.63) is 22.4 Å². The van der Waals surface area contributed by atoms with Crippen molar-refractivity contribution < 1.29 is 4.79 Å². The third-order valence-electron chi connectivity index (χ3n) is 4.02. The van der Waals surface area contributed by atoms with E-state index in [0.717, 1.165) is 25.0 Å². The fourth-order valence-electron chi connectivity index (χ4n) is 2.89. The first kappa shape index (κ1) is 13.8. The highest BCUT2D eigenvalue weighted by atomic mass is 16.2. The van der Waals surface area contributed by atoms with Crippen molar-refractivity contribution in [1.82, 2.24) is 24.6 Å². The Morgan fingerprint density at radius 1 is 1.38 bits per heavy atom. The molecular formula is C14H19N5O2. The van der Waals surface area contributed by atoms with Gasteiger partial charge in [0.15, 0.2) is 5.52 Å². The van der Waals surface area contributed by atoms with Gasteiger partial charge >= 0.3 is 0 Å². The van der Waals surface area contributed by atoms with Gasteiger partial charge in [-0.15, -0.1) is 0 Å². The minimum absolute atomic E-state index is 0.103. The Hall–Kier alpha value is -2.18. The Morgan fingerprint density at radius 2 is 2.19 bits per heavy atom. The van der Waals surface area contributed by atoms with Gasteiger partial charge in [-0.3, -0.25) is 18.8 Å². The molecule has 7 heteroatoms. The third kappa shape index (κ3) is 2.22. The SMILES string of the molecule is CCc1nn(C)c2c(=O)n([C@H]3CCCCNC3=O)cnc12. The van der Waals surface area contributed by atoms with E-state index in [1.165, 1.54) is 10.9 Å². The third-order valence-corrected chi connectivity index (χ3v) is 4.02. The van der Waals surface area contributed by atoms with E-state index < -0.39 is 6.04 Å². The summed E-state index contributed by atoms with van der Waals surface area (Å²) in [5.41, 5.74) is 1.71. The second-order valence-electron chi connectivity index (χ2n) is 5.38. The summed E-state index contributed by atoms with van der Waals surface area (Å²) in [7, 11) is 1.74. The molecule has 0 aliphatic carbocycles. The molecule has 1 fully saturated rings. The minimum atomic E-state index is -0.475. The molecule has 1 saturated heterocycles. The highest BCUT2D eigenvalue weighted by Gasteiger charge is 2.25. The van der Waals surface area contributed by atoms with E-state index in [2.05, 4.69) is 15.4 Å². The molecule has 0 radical (unpaired) electrons. The predicted octanol–water partition coefficient (Wildman–Crippen LogP) is 0.534. The maximum absolute atomic E-state index is 12.7. The summed E-state index contributed by atoms with van der Waals surface area (Å²) in [6, 6.07) is -0.475. The Morgan fingerprint density at radius 3 is 2.95 bits per heavy atom. The fraction of sp³-hybridized carbons (Fsp3) is 0.571. The van der Waals surface area contributed by atoms with Crippen molar-refractivity contribution in [1.29, 1.82) is 0 Å². The number of hydrogen-bond acceptors (Lipinski definition) is 4. The molecule has 7 nitrogen and oxygen atoms in total. The topological polar surface area (TPSA) is 81.8 Å². The van der Waals surface area contributed by atoms with Crippen LogP contribution in [0.25, 0.3) is 11.0 Å². The molecule has 0 spiro atoms. The van der Waals surface area contributed by atoms with Crippen LogP contribution in [0.2, 0.25) is 0 Å². The van der Waals surface area contributed by atoms with Gasteiger partial charge in [-0.05, 0) is 25.7 Å². The molecule has 3 heterocycles. The smallest absolute Gasteiger partial charge is 0.280 e. The molecule has 0 aromatic carbocycles. The number of rotatable bonds is 2. The quantitative estimate of drug-likeness (QED) is 0.874. The molecule has 21 heavy (non-hydrogen) atoms. The lowest BCUT2D eigenvalue weighted by Gasteiger charge is -2.15. The number of nitrogens with one attached hydrogen (secondary N) is 1. The summed E-state index contributed by atoms with van der Waals surface area (Å²) in [6.45, 7) is 2.65. The molecule has 1 N–H and O–H groups in total. The Bertz CT molecular complexity index is 746. The number of aryl methyl sites for hydroxylation is 2. The predicted molar refractivity (Wildman–Crippen MR) is 78.0 cm³/mol. The van der Waals surface area contributed by atoms with E-state index >= 15 is 0 Å². The maximum atomic E-state index is 12.7. The van der Waals surface area contributed by atoms with Crippen LogP contribution in [0.4, 0.5) is 0 Å². The summed E-state index contributed by atoms with van der Waals surface area (Å²) in [5.74, 6) is -0.103. The van der Waals surface area contributed by atoms with Gasteiger partial charge in [-0.1, -0.05) is 6.92 Å². The van der Waals surface area contributed by atoms with Gasteiger partial charge in [0.2, 0.25) is 5.91 Å². The van der Waals surface area contributed by atoms with E-state index in [1.807, 2.05) is 6.92 Å². The maximum Gasteiger partial charge on any atom is 0.280 e. The lowest BCUT2D eigenvalue weighted by atomic mass is 10.1. The average Bonchev–Trinajstić information content (AvgIpc) is 2.65. The van der Waals surface area contributed by atoms with Crippen molar-refractivity contribution in [3.63, 3.8) is 0 Å². The van der Waals surface area contributed by atoms with Gasteiger partial charge in [-0.25, -0.2) is 4.98 Å². The lowest BCUT2D eigenvalue weighted by Crippen LogP contribution is -2.36. The Kier molecular flexibility index (Phi) is 3.48. The molecule has 0 bridgehead atoms. The van der Waals surface area contributed by atoms with Gasteiger partial charge in [0.05, 0.1) is 12.0 Å². The van der Waals surface area contributed by atoms with Gasteiger partial charge in [0.25, 0.3) is 5.56 Å². The number of carbonyl (C=O) groups is 1. The van der Waals surface area contributed by atoms with Crippen molar-refractivity contribution in [2.75, 3.05) is 6.54 Å². The van der Waals surface area contributed by atoms with Crippen LogP contribution in [0.15, 0.2) is 11.1 Å². The standard InChI is InChI=1S/C14H19N5O2/c1-3-9-11-12(18(2)17-9)14(21)19(8-16-11)10-6-4-5-7-15-13(10)20/h8,10H,3-7H2,1-2H3,(H,15,20)/t10-/m0/s1. The first-order chi connectivity index (χ1) is 10.1. The van der Waals surface area contributed by atoms with Crippen molar-refractivity contribution in [3.8, 4) is 0 Å². The van der Waals surface area contributed by atoms with Crippen LogP contribution in [0.1, 0.15) is 37.9 Å². The summed E-state index contributed by atoms with van der Waals surface area (Å²) in [4.78, 5) is 29.2. The average molecular weight is 289 g/mol. The molecule has 1 atom stereocenters. The number of nitrogens with zero attached hydrogens (tertiary/aromatic N) is 4. The highest BCUT2D eigenvalue weighted by molar-refractivity contribution is 5.81. The first-order valence-corrected chi connectivity index (χ1v) is 7.34. The monoisotopic (exact) mass is 289 g/mol. The van der Waals surface area contributed by atoms with Crippen molar-refractivity contribution in [2.45, 2.75) is 38.6 Å². The van der Waals surface area contributed by atoms with Crippen molar-refractivity contribution >= 4 is 16.9 Å². The van der Waals surface area contributed by atoms with E-state index in [0.29, 0.717) is 24.0 Å². The summed E-state index contributed by atoms with van der Waals surface area (Å²) in [6.07, 6.45) is 4.73. The van der Waals surface area contributed by atoms with Gasteiger partial charge in [0, 0.05) is 13.6 Å². The minimum Gasteiger partial charge on any atom is -0.354 e. The number of aromatic nitrogens is 4. The molecule has 0 saturated carbocycles. The largest absolute Gasteiger partial charge is 0.354 e. The summed E-state index contributed by atoms with van der Waals surface area (Å²) >= 11 is 0. The normalized spacial score (nSPS) is 19.5. The molecule has 3 rings (SSSR count).